The summed E-state index contributed by atoms with van der Waals surface area (Å²) in [6.45, 7) is 1.19. The first-order valence-corrected chi connectivity index (χ1v) is 7.64. The van der Waals surface area contributed by atoms with Crippen LogP contribution in [-0.2, 0) is 6.54 Å². The fourth-order valence-corrected chi connectivity index (χ4v) is 2.34. The van der Waals surface area contributed by atoms with Gasteiger partial charge in [0.25, 0.3) is 5.91 Å². The second kappa shape index (κ2) is 7.04. The quantitative estimate of drug-likeness (QED) is 0.699. The van der Waals surface area contributed by atoms with Crippen LogP contribution in [0.4, 0.5) is 0 Å². The number of furan rings is 1. The molecule has 2 aromatic heterocycles. The van der Waals surface area contributed by atoms with E-state index in [1.807, 2.05) is 36.5 Å². The van der Waals surface area contributed by atoms with Gasteiger partial charge in [0.2, 0.25) is 0 Å². The monoisotopic (exact) mass is 325 g/mol. The summed E-state index contributed by atoms with van der Waals surface area (Å²) in [5, 5.41) is 4.12. The van der Waals surface area contributed by atoms with Crippen molar-refractivity contribution in [3.63, 3.8) is 0 Å². The summed E-state index contributed by atoms with van der Waals surface area (Å²) in [4.78, 5) is 14.1. The Balaban J connectivity index is 1.66. The molecule has 0 spiro atoms. The Morgan fingerprint density at radius 1 is 1.25 bits per heavy atom. The van der Waals surface area contributed by atoms with Gasteiger partial charge < -0.3 is 14.1 Å². The van der Waals surface area contributed by atoms with Crippen LogP contribution >= 0.6 is 0 Å². The molecule has 0 N–H and O–H groups in total. The SMILES string of the molecule is COc1ccc(-c2ccc(C(=O)N(C)CCn3cccn3)o2)cc1. The Morgan fingerprint density at radius 2 is 2.04 bits per heavy atom. The number of rotatable bonds is 6. The number of aromatic nitrogens is 2. The second-order valence-electron chi connectivity index (χ2n) is 5.39. The molecule has 1 aromatic carbocycles. The molecule has 0 fully saturated rings. The van der Waals surface area contributed by atoms with Gasteiger partial charge in [-0.05, 0) is 42.5 Å². The van der Waals surface area contributed by atoms with E-state index in [1.165, 1.54) is 0 Å². The lowest BCUT2D eigenvalue weighted by Crippen LogP contribution is -2.29. The Kier molecular flexibility index (Phi) is 4.65. The molecule has 0 atom stereocenters. The number of likely N-dealkylation sites (N-methyl/N-ethyl adjacent to an activating group) is 1. The number of methoxy groups -OCH3 is 1. The van der Waals surface area contributed by atoms with Crippen LogP contribution in [0.15, 0.2) is 59.3 Å². The lowest BCUT2D eigenvalue weighted by atomic mass is 10.2. The Bertz CT molecular complexity index is 791. The fourth-order valence-electron chi connectivity index (χ4n) is 2.34. The van der Waals surface area contributed by atoms with Gasteiger partial charge in [0.05, 0.1) is 13.7 Å². The number of ether oxygens (including phenoxy) is 1. The molecule has 0 bridgehead atoms. The summed E-state index contributed by atoms with van der Waals surface area (Å²) >= 11 is 0. The van der Waals surface area contributed by atoms with Crippen LogP contribution in [0.5, 0.6) is 5.75 Å². The van der Waals surface area contributed by atoms with Crippen molar-refractivity contribution < 1.29 is 13.9 Å². The van der Waals surface area contributed by atoms with Crippen LogP contribution in [0.3, 0.4) is 0 Å². The van der Waals surface area contributed by atoms with Crippen LogP contribution in [0.1, 0.15) is 10.6 Å². The number of amides is 1. The smallest absolute Gasteiger partial charge is 0.289 e. The number of carbonyl (C=O) groups is 1. The third-order valence-electron chi connectivity index (χ3n) is 3.76. The van der Waals surface area contributed by atoms with Gasteiger partial charge in [-0.3, -0.25) is 9.48 Å². The lowest BCUT2D eigenvalue weighted by molar-refractivity contribution is 0.0758. The van der Waals surface area contributed by atoms with E-state index in [0.717, 1.165) is 11.3 Å². The summed E-state index contributed by atoms with van der Waals surface area (Å²) in [7, 11) is 3.37. The Hall–Kier alpha value is -3.02. The molecule has 0 unspecified atom stereocenters. The standard InChI is InChI=1S/C18H19N3O3/c1-20(12-13-21-11-3-10-19-21)18(22)17-9-8-16(24-17)14-4-6-15(23-2)7-5-14/h3-11H,12-13H2,1-2H3. The van der Waals surface area contributed by atoms with Crippen LogP contribution < -0.4 is 4.74 Å². The van der Waals surface area contributed by atoms with Crippen LogP contribution in [0, 0.1) is 0 Å². The molecule has 3 rings (SSSR count). The number of benzene rings is 1. The maximum Gasteiger partial charge on any atom is 0.289 e. The first-order valence-electron chi connectivity index (χ1n) is 7.64. The molecule has 124 valence electrons. The second-order valence-corrected chi connectivity index (χ2v) is 5.39. The van der Waals surface area contributed by atoms with E-state index >= 15 is 0 Å². The molecule has 0 radical (unpaired) electrons. The van der Waals surface area contributed by atoms with Crippen molar-refractivity contribution in [2.75, 3.05) is 20.7 Å². The minimum Gasteiger partial charge on any atom is -0.497 e. The van der Waals surface area contributed by atoms with Crippen LogP contribution in [0.2, 0.25) is 0 Å². The van der Waals surface area contributed by atoms with E-state index in [0.29, 0.717) is 24.6 Å². The third kappa shape index (κ3) is 3.48. The zero-order valence-corrected chi connectivity index (χ0v) is 13.7. The highest BCUT2D eigenvalue weighted by molar-refractivity contribution is 5.91. The summed E-state index contributed by atoms with van der Waals surface area (Å²) < 4.78 is 12.6. The first kappa shape index (κ1) is 15.9. The molecule has 6 heteroatoms. The van der Waals surface area contributed by atoms with E-state index in [9.17, 15) is 4.79 Å². The zero-order valence-electron chi connectivity index (χ0n) is 13.7. The maximum absolute atomic E-state index is 12.4. The van der Waals surface area contributed by atoms with Crippen molar-refractivity contribution in [1.82, 2.24) is 14.7 Å². The Morgan fingerprint density at radius 3 is 2.71 bits per heavy atom. The van der Waals surface area contributed by atoms with E-state index in [2.05, 4.69) is 5.10 Å². The average Bonchev–Trinajstić information content (AvgIpc) is 3.30. The number of hydrogen-bond acceptors (Lipinski definition) is 4. The van der Waals surface area contributed by atoms with Crippen molar-refractivity contribution in [3.8, 4) is 17.1 Å². The van der Waals surface area contributed by atoms with Crippen LogP contribution in [0.25, 0.3) is 11.3 Å². The van der Waals surface area contributed by atoms with E-state index in [4.69, 9.17) is 9.15 Å². The molecule has 6 nitrogen and oxygen atoms in total. The van der Waals surface area contributed by atoms with E-state index in [1.54, 1.807) is 42.1 Å². The molecule has 24 heavy (non-hydrogen) atoms. The van der Waals surface area contributed by atoms with Crippen molar-refractivity contribution in [3.05, 3.63) is 60.6 Å². The summed E-state index contributed by atoms with van der Waals surface area (Å²) in [6, 6.07) is 12.9. The van der Waals surface area contributed by atoms with Gasteiger partial charge in [0.15, 0.2) is 5.76 Å². The first-order chi connectivity index (χ1) is 11.7. The Labute approximate surface area is 140 Å². The average molecular weight is 325 g/mol. The molecule has 0 saturated carbocycles. The summed E-state index contributed by atoms with van der Waals surface area (Å²) in [5.41, 5.74) is 0.897. The number of carbonyl (C=O) groups excluding carboxylic acids is 1. The molecule has 0 saturated heterocycles. The van der Waals surface area contributed by atoms with Crippen molar-refractivity contribution in [2.24, 2.45) is 0 Å². The van der Waals surface area contributed by atoms with Crippen LogP contribution in [-0.4, -0.2) is 41.3 Å². The van der Waals surface area contributed by atoms with E-state index < -0.39 is 0 Å². The van der Waals surface area contributed by atoms with Gasteiger partial charge in [-0.1, -0.05) is 0 Å². The van der Waals surface area contributed by atoms with Gasteiger partial charge >= 0.3 is 0 Å². The van der Waals surface area contributed by atoms with Crippen molar-refractivity contribution in [1.29, 1.82) is 0 Å². The molecule has 0 aliphatic heterocycles. The summed E-state index contributed by atoms with van der Waals surface area (Å²) in [5.74, 6) is 1.60. The van der Waals surface area contributed by atoms with Gasteiger partial charge in [0, 0.05) is 31.5 Å². The highest BCUT2D eigenvalue weighted by atomic mass is 16.5. The van der Waals surface area contributed by atoms with Crippen molar-refractivity contribution >= 4 is 5.91 Å². The highest BCUT2D eigenvalue weighted by Crippen LogP contribution is 2.24. The predicted molar refractivity (Wildman–Crippen MR) is 89.9 cm³/mol. The molecular formula is C18H19N3O3. The predicted octanol–water partition coefficient (Wildman–Crippen LogP) is 2.92. The van der Waals surface area contributed by atoms with Crippen molar-refractivity contribution in [2.45, 2.75) is 6.54 Å². The molecule has 0 aliphatic rings. The van der Waals surface area contributed by atoms with E-state index in [-0.39, 0.29) is 5.91 Å². The molecule has 0 aliphatic carbocycles. The zero-order chi connectivity index (χ0) is 16.9. The highest BCUT2D eigenvalue weighted by Gasteiger charge is 2.16. The minimum absolute atomic E-state index is 0.151. The maximum atomic E-state index is 12.4. The summed E-state index contributed by atoms with van der Waals surface area (Å²) in [6.07, 6.45) is 3.59. The van der Waals surface area contributed by atoms with Gasteiger partial charge in [-0.25, -0.2) is 0 Å². The lowest BCUT2D eigenvalue weighted by Gasteiger charge is -2.15. The molecule has 3 aromatic rings. The third-order valence-corrected chi connectivity index (χ3v) is 3.76. The van der Waals surface area contributed by atoms with Gasteiger partial charge in [0.1, 0.15) is 11.5 Å². The number of hydrogen-bond donors (Lipinski definition) is 0. The number of nitrogens with zero attached hydrogens (tertiary/aromatic N) is 3. The topological polar surface area (TPSA) is 60.5 Å². The molecular weight excluding hydrogens is 306 g/mol. The normalized spacial score (nSPS) is 10.6. The van der Waals surface area contributed by atoms with Gasteiger partial charge in [-0.15, -0.1) is 0 Å². The largest absolute Gasteiger partial charge is 0.497 e. The molecule has 1 amide bonds. The molecule has 2 heterocycles. The van der Waals surface area contributed by atoms with Gasteiger partial charge in [-0.2, -0.15) is 5.10 Å². The fraction of sp³-hybridized carbons (Fsp3) is 0.222. The minimum atomic E-state index is -0.151.